The van der Waals surface area contributed by atoms with Gasteiger partial charge in [-0.3, -0.25) is 9.59 Å². The number of primary amides is 1. The quantitative estimate of drug-likeness (QED) is 0.669. The molecule has 6 heteroatoms. The first kappa shape index (κ1) is 20.6. The van der Waals surface area contributed by atoms with E-state index in [4.69, 9.17) is 17.3 Å². The molecule has 1 aromatic heterocycles. The van der Waals surface area contributed by atoms with Gasteiger partial charge in [-0.25, -0.2) is 0 Å². The average Bonchev–Trinajstić information content (AvgIpc) is 3.23. The largest absolute Gasteiger partial charge is 0.366 e. The van der Waals surface area contributed by atoms with Gasteiger partial charge in [0.05, 0.1) is 30.6 Å². The molecular formula is C23H28ClN2O2S+. The normalized spacial score (nSPS) is 22.2. The van der Waals surface area contributed by atoms with E-state index in [1.165, 1.54) is 24.3 Å². The number of quaternary nitrogens is 1. The summed E-state index contributed by atoms with van der Waals surface area (Å²) in [7, 11) is 2.32. The van der Waals surface area contributed by atoms with Gasteiger partial charge < -0.3 is 10.2 Å². The van der Waals surface area contributed by atoms with E-state index in [0.717, 1.165) is 40.0 Å². The number of ketones is 1. The molecule has 0 saturated heterocycles. The monoisotopic (exact) mass is 431 g/mol. The van der Waals surface area contributed by atoms with Crippen molar-refractivity contribution in [1.29, 1.82) is 0 Å². The molecule has 2 heterocycles. The first-order valence-electron chi connectivity index (χ1n) is 10.2. The third-order valence-corrected chi connectivity index (χ3v) is 7.84. The topological polar surface area (TPSA) is 60.2 Å². The Morgan fingerprint density at radius 3 is 2.52 bits per heavy atom. The Balaban J connectivity index is 1.53. The lowest BCUT2D eigenvalue weighted by Crippen LogP contribution is -2.50. The highest BCUT2D eigenvalue weighted by Gasteiger charge is 2.46. The van der Waals surface area contributed by atoms with Crippen LogP contribution in [0.3, 0.4) is 0 Å². The van der Waals surface area contributed by atoms with Crippen molar-refractivity contribution < 1.29 is 14.1 Å². The van der Waals surface area contributed by atoms with Crippen LogP contribution in [0.25, 0.3) is 0 Å². The van der Waals surface area contributed by atoms with E-state index in [9.17, 15) is 9.59 Å². The molecule has 0 spiro atoms. The Morgan fingerprint density at radius 2 is 1.90 bits per heavy atom. The van der Waals surface area contributed by atoms with Crippen LogP contribution in [0.2, 0.25) is 5.02 Å². The van der Waals surface area contributed by atoms with Gasteiger partial charge in [-0.15, -0.1) is 11.3 Å². The third kappa shape index (κ3) is 4.57. The first-order valence-corrected chi connectivity index (χ1v) is 11.4. The van der Waals surface area contributed by atoms with Gasteiger partial charge in [0, 0.05) is 34.6 Å². The van der Waals surface area contributed by atoms with Crippen LogP contribution in [0.1, 0.15) is 51.0 Å². The van der Waals surface area contributed by atoms with Gasteiger partial charge in [0.15, 0.2) is 0 Å². The summed E-state index contributed by atoms with van der Waals surface area (Å²) in [6.45, 7) is 5.51. The Hall–Kier alpha value is -1.69. The van der Waals surface area contributed by atoms with Crippen molar-refractivity contribution in [2.75, 3.05) is 20.1 Å². The van der Waals surface area contributed by atoms with Crippen molar-refractivity contribution in [2.24, 2.45) is 11.1 Å². The Bertz CT molecular complexity index is 962. The maximum absolute atomic E-state index is 12.7. The van der Waals surface area contributed by atoms with Gasteiger partial charge in [-0.2, -0.15) is 0 Å². The van der Waals surface area contributed by atoms with E-state index >= 15 is 0 Å². The minimum atomic E-state index is -0.401. The highest BCUT2D eigenvalue weighted by Crippen LogP contribution is 2.48. The number of Topliss-reactive ketones (excluding diaryl/α,β-unsaturated/α-hetero) is 1. The fourth-order valence-corrected chi connectivity index (χ4v) is 6.36. The molecule has 1 aromatic carbocycles. The number of nitrogens with two attached hydrogens (primary N) is 1. The lowest BCUT2D eigenvalue weighted by molar-refractivity contribution is -0.928. The van der Waals surface area contributed by atoms with Crippen LogP contribution in [-0.4, -0.2) is 36.3 Å². The molecule has 1 atom stereocenters. The molecule has 0 radical (unpaired) electrons. The molecule has 1 unspecified atom stereocenters. The number of likely N-dealkylation sites (N-methyl/N-ethyl adjacent to an activating group) is 1. The minimum Gasteiger partial charge on any atom is -0.366 e. The van der Waals surface area contributed by atoms with Gasteiger partial charge in [0.2, 0.25) is 5.91 Å². The van der Waals surface area contributed by atoms with Crippen LogP contribution < -0.4 is 5.73 Å². The van der Waals surface area contributed by atoms with Gasteiger partial charge >= 0.3 is 0 Å². The molecule has 1 fully saturated rings. The van der Waals surface area contributed by atoms with Crippen LogP contribution in [0.4, 0.5) is 0 Å². The second kappa shape index (κ2) is 7.53. The van der Waals surface area contributed by atoms with Crippen LogP contribution in [0.5, 0.6) is 0 Å². The zero-order chi connectivity index (χ0) is 20.8. The Kier molecular flexibility index (Phi) is 5.34. The molecule has 1 amide bonds. The van der Waals surface area contributed by atoms with E-state index < -0.39 is 5.91 Å². The zero-order valence-corrected chi connectivity index (χ0v) is 18.7. The second-order valence-corrected chi connectivity index (χ2v) is 11.0. The molecule has 2 N–H and O–H groups in total. The number of thiophene rings is 1. The number of rotatable bonds is 7. The molecule has 1 aliphatic carbocycles. The van der Waals surface area contributed by atoms with Crippen molar-refractivity contribution >= 4 is 34.6 Å². The van der Waals surface area contributed by atoms with E-state index in [1.807, 2.05) is 12.1 Å². The summed E-state index contributed by atoms with van der Waals surface area (Å²) >= 11 is 7.54. The molecule has 29 heavy (non-hydrogen) atoms. The molecule has 154 valence electrons. The molecule has 1 saturated carbocycles. The lowest BCUT2D eigenvalue weighted by atomic mass is 9.96. The van der Waals surface area contributed by atoms with E-state index in [0.29, 0.717) is 22.4 Å². The molecule has 2 aliphatic rings. The lowest BCUT2D eigenvalue weighted by Gasteiger charge is -2.39. The van der Waals surface area contributed by atoms with Crippen molar-refractivity contribution in [1.82, 2.24) is 0 Å². The number of amides is 1. The highest BCUT2D eigenvalue weighted by molar-refractivity contribution is 7.12. The number of carbonyl (C=O) groups excluding carboxylic acids is 2. The maximum atomic E-state index is 12.7. The van der Waals surface area contributed by atoms with Gasteiger partial charge in [0.25, 0.3) is 0 Å². The third-order valence-electron chi connectivity index (χ3n) is 6.38. The molecule has 4 nitrogen and oxygen atoms in total. The number of hydrogen-bond donors (Lipinski definition) is 1. The summed E-state index contributed by atoms with van der Waals surface area (Å²) in [6, 6.07) is 7.33. The van der Waals surface area contributed by atoms with Crippen molar-refractivity contribution in [3.63, 3.8) is 0 Å². The van der Waals surface area contributed by atoms with E-state index in [1.54, 1.807) is 23.5 Å². The standard InChI is InChI=1S/C23H27ClN2O2S/c1-23(8-9-23)14-26(2)10-7-18-20(13-26)29-19(21(18)22(25)28)12-17(27)11-15-3-5-16(24)6-4-15/h3-6H,7-14H2,1-2H3,(H-,25,28)/p+1. The zero-order valence-electron chi connectivity index (χ0n) is 17.1. The number of halogens is 1. The predicted octanol–water partition coefficient (Wildman–Crippen LogP) is 4.16. The van der Waals surface area contributed by atoms with Crippen molar-refractivity contribution in [3.05, 3.63) is 55.7 Å². The van der Waals surface area contributed by atoms with Crippen LogP contribution in [0.15, 0.2) is 24.3 Å². The van der Waals surface area contributed by atoms with E-state index in [-0.39, 0.29) is 12.2 Å². The maximum Gasteiger partial charge on any atom is 0.250 e. The average molecular weight is 432 g/mol. The van der Waals surface area contributed by atoms with Gasteiger partial charge in [0.1, 0.15) is 12.3 Å². The summed E-state index contributed by atoms with van der Waals surface area (Å²) in [5.41, 5.74) is 8.86. The summed E-state index contributed by atoms with van der Waals surface area (Å²) in [5, 5.41) is 0.657. The Morgan fingerprint density at radius 1 is 1.21 bits per heavy atom. The SMILES string of the molecule is CC1(C[N+]2(C)CCc3c(sc(CC(=O)Cc4ccc(Cl)cc4)c3C(N)=O)C2)CC1. The fraction of sp³-hybridized carbons (Fsp3) is 0.478. The summed E-state index contributed by atoms with van der Waals surface area (Å²) in [5.74, 6) is -0.307. The second-order valence-electron chi connectivity index (χ2n) is 9.40. The van der Waals surface area contributed by atoms with Crippen molar-refractivity contribution in [2.45, 2.75) is 45.6 Å². The van der Waals surface area contributed by atoms with Crippen LogP contribution in [-0.2, 0) is 30.6 Å². The van der Waals surface area contributed by atoms with Crippen LogP contribution >= 0.6 is 22.9 Å². The van der Waals surface area contributed by atoms with Gasteiger partial charge in [-0.1, -0.05) is 30.7 Å². The molecule has 1 aliphatic heterocycles. The number of fused-ring (bicyclic) bond motifs is 1. The predicted molar refractivity (Wildman–Crippen MR) is 117 cm³/mol. The number of nitrogens with zero attached hydrogens (tertiary/aromatic N) is 1. The highest BCUT2D eigenvalue weighted by atomic mass is 35.5. The van der Waals surface area contributed by atoms with Crippen molar-refractivity contribution in [3.8, 4) is 0 Å². The number of hydrogen-bond acceptors (Lipinski definition) is 3. The fourth-order valence-electron chi connectivity index (χ4n) is 4.68. The van der Waals surface area contributed by atoms with Gasteiger partial charge in [-0.05, 0) is 36.1 Å². The molecule has 2 aromatic rings. The molecule has 0 bridgehead atoms. The molecular weight excluding hydrogens is 404 g/mol. The summed E-state index contributed by atoms with van der Waals surface area (Å²) in [6.07, 6.45) is 4.09. The number of benzene rings is 1. The summed E-state index contributed by atoms with van der Waals surface area (Å²) < 4.78 is 1.01. The summed E-state index contributed by atoms with van der Waals surface area (Å²) in [4.78, 5) is 27.0. The molecule has 4 rings (SSSR count). The smallest absolute Gasteiger partial charge is 0.250 e. The number of carbonyl (C=O) groups is 2. The van der Waals surface area contributed by atoms with E-state index in [2.05, 4.69) is 14.0 Å². The minimum absolute atomic E-state index is 0.0937. The van der Waals surface area contributed by atoms with Crippen LogP contribution in [0, 0.1) is 5.41 Å². The first-order chi connectivity index (χ1) is 13.7. The Labute approximate surface area is 181 Å².